The molecule has 23 heavy (non-hydrogen) atoms. The fourth-order valence-electron chi connectivity index (χ4n) is 2.74. The third kappa shape index (κ3) is 3.86. The summed E-state index contributed by atoms with van der Waals surface area (Å²) >= 11 is 0. The van der Waals surface area contributed by atoms with E-state index in [9.17, 15) is 4.79 Å². The summed E-state index contributed by atoms with van der Waals surface area (Å²) in [6.45, 7) is 6.31. The van der Waals surface area contributed by atoms with E-state index >= 15 is 0 Å². The summed E-state index contributed by atoms with van der Waals surface area (Å²) in [5.41, 5.74) is 2.46. The first-order chi connectivity index (χ1) is 11.1. The van der Waals surface area contributed by atoms with Crippen LogP contribution in [0.5, 0.6) is 0 Å². The van der Waals surface area contributed by atoms with E-state index in [1.54, 1.807) is 19.3 Å². The second-order valence-corrected chi connectivity index (χ2v) is 6.19. The van der Waals surface area contributed by atoms with Crippen molar-refractivity contribution >= 4 is 17.3 Å². The van der Waals surface area contributed by atoms with Crippen LogP contribution >= 0.6 is 0 Å². The topological polar surface area (TPSA) is 58.1 Å². The molecule has 2 aromatic rings. The molecule has 0 atom stereocenters. The molecule has 3 rings (SSSR count). The van der Waals surface area contributed by atoms with E-state index in [4.69, 9.17) is 0 Å². The summed E-state index contributed by atoms with van der Waals surface area (Å²) in [5, 5.41) is 2.88. The summed E-state index contributed by atoms with van der Waals surface area (Å²) in [6, 6.07) is 8.02. The monoisotopic (exact) mass is 310 g/mol. The van der Waals surface area contributed by atoms with Gasteiger partial charge >= 0.3 is 0 Å². The molecular weight excluding hydrogens is 288 g/mol. The largest absolute Gasteiger partial charge is 0.372 e. The van der Waals surface area contributed by atoms with Crippen molar-refractivity contribution in [2.24, 2.45) is 5.92 Å². The van der Waals surface area contributed by atoms with E-state index in [1.165, 1.54) is 18.5 Å². The van der Waals surface area contributed by atoms with E-state index in [1.807, 2.05) is 12.1 Å². The maximum atomic E-state index is 12.1. The molecule has 0 bridgehead atoms. The molecule has 0 radical (unpaired) electrons. The Balaban J connectivity index is 1.63. The number of nitrogens with one attached hydrogen (secondary N) is 1. The van der Waals surface area contributed by atoms with Gasteiger partial charge in [0, 0.05) is 36.9 Å². The van der Waals surface area contributed by atoms with Gasteiger partial charge in [0.25, 0.3) is 5.91 Å². The third-order valence-corrected chi connectivity index (χ3v) is 4.32. The molecule has 0 unspecified atom stereocenters. The molecule has 1 saturated heterocycles. The van der Waals surface area contributed by atoms with Crippen LogP contribution in [0, 0.1) is 12.8 Å². The molecule has 5 heteroatoms. The lowest BCUT2D eigenvalue weighted by Gasteiger charge is -2.32. The lowest BCUT2D eigenvalue weighted by molar-refractivity contribution is 0.102. The van der Waals surface area contributed by atoms with E-state index in [0.717, 1.165) is 24.7 Å². The Hall–Kier alpha value is -2.43. The molecule has 5 nitrogen and oxygen atoms in total. The summed E-state index contributed by atoms with van der Waals surface area (Å²) in [7, 11) is 0. The average Bonchev–Trinajstić information content (AvgIpc) is 2.57. The van der Waals surface area contributed by atoms with Crippen LogP contribution in [-0.2, 0) is 0 Å². The Morgan fingerprint density at radius 1 is 1.13 bits per heavy atom. The normalized spacial score (nSPS) is 15.5. The highest BCUT2D eigenvalue weighted by atomic mass is 16.1. The zero-order chi connectivity index (χ0) is 16.2. The number of aryl methyl sites for hydroxylation is 1. The van der Waals surface area contributed by atoms with Gasteiger partial charge in [-0.05, 0) is 49.9 Å². The Kier molecular flexibility index (Phi) is 4.55. The minimum Gasteiger partial charge on any atom is -0.372 e. The first-order valence-electron chi connectivity index (χ1n) is 8.07. The van der Waals surface area contributed by atoms with Crippen LogP contribution in [0.1, 0.15) is 35.9 Å². The van der Waals surface area contributed by atoms with Crippen molar-refractivity contribution in [2.75, 3.05) is 23.3 Å². The number of carbonyl (C=O) groups excluding carboxylic acids is 1. The second-order valence-electron chi connectivity index (χ2n) is 6.19. The van der Waals surface area contributed by atoms with Crippen molar-refractivity contribution < 1.29 is 4.79 Å². The predicted molar refractivity (Wildman–Crippen MR) is 91.8 cm³/mol. The molecule has 0 aliphatic carbocycles. The van der Waals surface area contributed by atoms with Gasteiger partial charge in [0.2, 0.25) is 0 Å². The van der Waals surface area contributed by atoms with Gasteiger partial charge < -0.3 is 10.2 Å². The predicted octanol–water partition coefficient (Wildman–Crippen LogP) is 3.27. The van der Waals surface area contributed by atoms with Crippen LogP contribution in [0.15, 0.2) is 36.7 Å². The molecule has 0 spiro atoms. The lowest BCUT2D eigenvalue weighted by Crippen LogP contribution is -2.32. The summed E-state index contributed by atoms with van der Waals surface area (Å²) in [4.78, 5) is 22.6. The minimum absolute atomic E-state index is 0.190. The van der Waals surface area contributed by atoms with Crippen LogP contribution in [0.2, 0.25) is 0 Å². The molecule has 1 N–H and O–H groups in total. The average molecular weight is 310 g/mol. The SMILES string of the molecule is Cc1ncc(C(=O)Nc2ccc(N3CCC(C)CC3)cc2)cn1. The van der Waals surface area contributed by atoms with Crippen molar-refractivity contribution in [3.8, 4) is 0 Å². The number of hydrogen-bond donors (Lipinski definition) is 1. The van der Waals surface area contributed by atoms with Gasteiger partial charge in [0.15, 0.2) is 0 Å². The summed E-state index contributed by atoms with van der Waals surface area (Å²) in [5.74, 6) is 1.29. The molecule has 1 aromatic heterocycles. The number of piperidine rings is 1. The number of amides is 1. The maximum absolute atomic E-state index is 12.1. The molecule has 1 amide bonds. The second kappa shape index (κ2) is 6.77. The van der Waals surface area contributed by atoms with Gasteiger partial charge in [0.05, 0.1) is 5.56 Å². The highest BCUT2D eigenvalue weighted by Gasteiger charge is 2.16. The molecule has 120 valence electrons. The zero-order valence-corrected chi connectivity index (χ0v) is 13.6. The molecule has 2 heterocycles. The van der Waals surface area contributed by atoms with Crippen molar-refractivity contribution in [2.45, 2.75) is 26.7 Å². The Morgan fingerprint density at radius 2 is 1.74 bits per heavy atom. The fraction of sp³-hybridized carbons (Fsp3) is 0.389. The highest BCUT2D eigenvalue weighted by Crippen LogP contribution is 2.24. The van der Waals surface area contributed by atoms with Gasteiger partial charge in [0.1, 0.15) is 5.82 Å². The first kappa shape index (κ1) is 15.5. The first-order valence-corrected chi connectivity index (χ1v) is 8.07. The molecule has 0 saturated carbocycles. The van der Waals surface area contributed by atoms with Gasteiger partial charge in [-0.15, -0.1) is 0 Å². The van der Waals surface area contributed by atoms with Crippen LogP contribution in [0.3, 0.4) is 0 Å². The van der Waals surface area contributed by atoms with Crippen LogP contribution in [0.25, 0.3) is 0 Å². The maximum Gasteiger partial charge on any atom is 0.258 e. The minimum atomic E-state index is -0.190. The smallest absolute Gasteiger partial charge is 0.258 e. The standard InChI is InChI=1S/C18H22N4O/c1-13-7-9-22(10-8-13)17-5-3-16(4-6-17)21-18(23)15-11-19-14(2)20-12-15/h3-6,11-13H,7-10H2,1-2H3,(H,21,23). The van der Waals surface area contributed by atoms with E-state index in [2.05, 4.69) is 39.2 Å². The number of hydrogen-bond acceptors (Lipinski definition) is 4. The van der Waals surface area contributed by atoms with Gasteiger partial charge in [-0.2, -0.15) is 0 Å². The lowest BCUT2D eigenvalue weighted by atomic mass is 9.99. The molecule has 1 aliphatic rings. The van der Waals surface area contributed by atoms with E-state index < -0.39 is 0 Å². The number of nitrogens with zero attached hydrogens (tertiary/aromatic N) is 3. The van der Waals surface area contributed by atoms with E-state index in [0.29, 0.717) is 11.4 Å². The summed E-state index contributed by atoms with van der Waals surface area (Å²) < 4.78 is 0. The molecular formula is C18H22N4O. The van der Waals surface area contributed by atoms with Crippen molar-refractivity contribution in [3.05, 3.63) is 48.0 Å². The molecule has 1 aromatic carbocycles. The highest BCUT2D eigenvalue weighted by molar-refractivity contribution is 6.03. The zero-order valence-electron chi connectivity index (χ0n) is 13.6. The fourth-order valence-corrected chi connectivity index (χ4v) is 2.74. The number of rotatable bonds is 3. The van der Waals surface area contributed by atoms with Crippen LogP contribution in [0.4, 0.5) is 11.4 Å². The van der Waals surface area contributed by atoms with Crippen molar-refractivity contribution in [1.82, 2.24) is 9.97 Å². The quantitative estimate of drug-likeness (QED) is 0.945. The number of benzene rings is 1. The van der Waals surface area contributed by atoms with E-state index in [-0.39, 0.29) is 5.91 Å². The Labute approximate surface area is 136 Å². The van der Waals surface area contributed by atoms with Crippen LogP contribution in [-0.4, -0.2) is 29.0 Å². The number of anilines is 2. The van der Waals surface area contributed by atoms with Gasteiger partial charge in [-0.1, -0.05) is 6.92 Å². The van der Waals surface area contributed by atoms with Gasteiger partial charge in [-0.3, -0.25) is 4.79 Å². The Bertz CT molecular complexity index is 658. The van der Waals surface area contributed by atoms with Crippen molar-refractivity contribution in [3.63, 3.8) is 0 Å². The van der Waals surface area contributed by atoms with Crippen molar-refractivity contribution in [1.29, 1.82) is 0 Å². The molecule has 1 fully saturated rings. The van der Waals surface area contributed by atoms with Crippen LogP contribution < -0.4 is 10.2 Å². The van der Waals surface area contributed by atoms with Gasteiger partial charge in [-0.25, -0.2) is 9.97 Å². The number of aromatic nitrogens is 2. The number of carbonyl (C=O) groups is 1. The third-order valence-electron chi connectivity index (χ3n) is 4.32. The summed E-state index contributed by atoms with van der Waals surface area (Å²) in [6.07, 6.45) is 5.57. The molecule has 1 aliphatic heterocycles. The Morgan fingerprint density at radius 3 is 2.35 bits per heavy atom.